The van der Waals surface area contributed by atoms with E-state index in [0.717, 1.165) is 0 Å². The molecule has 0 fully saturated rings. The number of anilines is 1. The number of fused-ring (bicyclic) bond motifs is 1. The molecule has 2 N–H and O–H groups in total. The SMILES string of the molecule is C[C@@H](OC(=O)CCCN=C1NS(=O)(=O)c2ccccc21)C(=O)Nc1ccccc1[N+](=O)[O-]. The quantitative estimate of drug-likeness (QED) is 0.264. The lowest BCUT2D eigenvalue weighted by Crippen LogP contribution is -2.30. The van der Waals surface area contributed by atoms with Crippen molar-refractivity contribution >= 4 is 39.1 Å². The minimum Gasteiger partial charge on any atom is -0.453 e. The van der Waals surface area contributed by atoms with Crippen LogP contribution in [0.5, 0.6) is 0 Å². The summed E-state index contributed by atoms with van der Waals surface area (Å²) in [4.78, 5) is 39.0. The van der Waals surface area contributed by atoms with Gasteiger partial charge in [-0.1, -0.05) is 24.3 Å². The van der Waals surface area contributed by atoms with Gasteiger partial charge in [0.2, 0.25) is 0 Å². The number of nitrogens with zero attached hydrogens (tertiary/aromatic N) is 2. The highest BCUT2D eigenvalue weighted by molar-refractivity contribution is 7.90. The molecule has 168 valence electrons. The van der Waals surface area contributed by atoms with Gasteiger partial charge < -0.3 is 10.1 Å². The molecule has 0 saturated heterocycles. The maximum absolute atomic E-state index is 12.2. The maximum atomic E-state index is 12.2. The Balaban J connectivity index is 1.49. The van der Waals surface area contributed by atoms with Gasteiger partial charge in [-0.25, -0.2) is 8.42 Å². The highest BCUT2D eigenvalue weighted by atomic mass is 32.2. The molecule has 32 heavy (non-hydrogen) atoms. The van der Waals surface area contributed by atoms with Crippen molar-refractivity contribution in [3.05, 3.63) is 64.2 Å². The Kier molecular flexibility index (Phi) is 6.83. The number of hydrogen-bond acceptors (Lipinski definition) is 8. The molecular formula is C20H20N4O7S. The molecule has 2 aromatic rings. The molecule has 12 heteroatoms. The predicted molar refractivity (Wildman–Crippen MR) is 115 cm³/mol. The number of benzene rings is 2. The van der Waals surface area contributed by atoms with Crippen molar-refractivity contribution in [2.24, 2.45) is 4.99 Å². The third-order valence-corrected chi connectivity index (χ3v) is 5.90. The minimum absolute atomic E-state index is 0.000482. The molecule has 1 aliphatic rings. The normalized spacial score (nSPS) is 16.0. The van der Waals surface area contributed by atoms with Gasteiger partial charge in [-0.15, -0.1) is 0 Å². The number of hydrogen-bond donors (Lipinski definition) is 2. The molecule has 0 saturated carbocycles. The number of rotatable bonds is 8. The van der Waals surface area contributed by atoms with Gasteiger partial charge in [-0.3, -0.25) is 29.4 Å². The van der Waals surface area contributed by atoms with E-state index in [1.54, 1.807) is 18.2 Å². The van der Waals surface area contributed by atoms with Gasteiger partial charge in [-0.05, 0) is 31.5 Å². The molecule has 1 atom stereocenters. The Hall–Kier alpha value is -3.80. The minimum atomic E-state index is -3.63. The lowest BCUT2D eigenvalue weighted by atomic mass is 10.2. The number of nitrogens with one attached hydrogen (secondary N) is 2. The van der Waals surface area contributed by atoms with Crippen molar-refractivity contribution in [1.29, 1.82) is 0 Å². The number of carbonyl (C=O) groups excluding carboxylic acids is 2. The van der Waals surface area contributed by atoms with E-state index in [1.165, 1.54) is 37.3 Å². The number of esters is 1. The van der Waals surface area contributed by atoms with E-state index in [2.05, 4.69) is 15.0 Å². The number of para-hydroxylation sites is 2. The second-order valence-corrected chi connectivity index (χ2v) is 8.48. The van der Waals surface area contributed by atoms with Crippen LogP contribution in [-0.2, 0) is 24.3 Å². The third kappa shape index (κ3) is 5.27. The number of ether oxygens (including phenoxy) is 1. The van der Waals surface area contributed by atoms with Gasteiger partial charge in [0.15, 0.2) is 6.10 Å². The fraction of sp³-hybridized carbons (Fsp3) is 0.250. The average Bonchev–Trinajstić information content (AvgIpc) is 3.01. The molecule has 1 aliphatic heterocycles. The van der Waals surface area contributed by atoms with Crippen molar-refractivity contribution in [2.45, 2.75) is 30.8 Å². The molecule has 1 amide bonds. The lowest BCUT2D eigenvalue weighted by Gasteiger charge is -2.13. The van der Waals surface area contributed by atoms with Gasteiger partial charge in [0, 0.05) is 24.6 Å². The van der Waals surface area contributed by atoms with Crippen molar-refractivity contribution < 1.29 is 27.7 Å². The Morgan fingerprint density at radius 1 is 1.19 bits per heavy atom. The summed E-state index contributed by atoms with van der Waals surface area (Å²) >= 11 is 0. The molecule has 1 heterocycles. The molecule has 0 aromatic heterocycles. The maximum Gasteiger partial charge on any atom is 0.306 e. The van der Waals surface area contributed by atoms with Crippen LogP contribution in [-0.4, -0.2) is 43.7 Å². The summed E-state index contributed by atoms with van der Waals surface area (Å²) in [6.45, 7) is 1.52. The number of nitro groups is 1. The summed E-state index contributed by atoms with van der Waals surface area (Å²) < 4.78 is 31.5. The van der Waals surface area contributed by atoms with Crippen LogP contribution in [0.1, 0.15) is 25.3 Å². The zero-order chi connectivity index (χ0) is 23.3. The molecule has 0 bridgehead atoms. The first-order valence-corrected chi connectivity index (χ1v) is 11.1. The number of sulfonamides is 1. The van der Waals surface area contributed by atoms with Gasteiger partial charge in [0.25, 0.3) is 21.6 Å². The lowest BCUT2D eigenvalue weighted by molar-refractivity contribution is -0.383. The van der Waals surface area contributed by atoms with Gasteiger partial charge in [-0.2, -0.15) is 0 Å². The average molecular weight is 460 g/mol. The van der Waals surface area contributed by atoms with Crippen molar-refractivity contribution in [2.75, 3.05) is 11.9 Å². The van der Waals surface area contributed by atoms with Crippen LogP contribution in [0, 0.1) is 10.1 Å². The first kappa shape index (κ1) is 22.9. The second-order valence-electron chi connectivity index (χ2n) is 6.83. The van der Waals surface area contributed by atoms with Crippen LogP contribution in [0.15, 0.2) is 58.4 Å². The van der Waals surface area contributed by atoms with Crippen LogP contribution in [0.3, 0.4) is 0 Å². The first-order valence-electron chi connectivity index (χ1n) is 9.59. The Bertz CT molecular complexity index is 1190. The summed E-state index contributed by atoms with van der Waals surface area (Å²) in [7, 11) is -3.63. The van der Waals surface area contributed by atoms with Crippen LogP contribution in [0.4, 0.5) is 11.4 Å². The molecule has 2 aromatic carbocycles. The molecule has 0 aliphatic carbocycles. The monoisotopic (exact) mass is 460 g/mol. The topological polar surface area (TPSA) is 157 Å². The van der Waals surface area contributed by atoms with E-state index in [4.69, 9.17) is 4.74 Å². The standard InChI is InChI=1S/C20H20N4O7S/c1-13(20(26)22-15-8-3-4-9-16(15)24(27)28)31-18(25)11-6-12-21-19-14-7-2-5-10-17(14)32(29,30)23-19/h2-5,7-10,13H,6,11-12H2,1H3,(H,21,23)(H,22,26)/t13-/m1/s1. The van der Waals surface area contributed by atoms with Crippen molar-refractivity contribution in [3.8, 4) is 0 Å². The highest BCUT2D eigenvalue weighted by Crippen LogP contribution is 2.24. The van der Waals surface area contributed by atoms with E-state index < -0.39 is 32.9 Å². The molecule has 0 unspecified atom stereocenters. The van der Waals surface area contributed by atoms with Crippen LogP contribution < -0.4 is 10.0 Å². The van der Waals surface area contributed by atoms with Crippen molar-refractivity contribution in [1.82, 2.24) is 4.72 Å². The molecule has 0 spiro atoms. The molecule has 11 nitrogen and oxygen atoms in total. The summed E-state index contributed by atoms with van der Waals surface area (Å²) in [6.07, 6.45) is -0.943. The van der Waals surface area contributed by atoms with Crippen LogP contribution >= 0.6 is 0 Å². The number of amidine groups is 1. The molecule has 0 radical (unpaired) electrons. The fourth-order valence-electron chi connectivity index (χ4n) is 2.95. The Morgan fingerprint density at radius 3 is 2.62 bits per heavy atom. The summed E-state index contributed by atoms with van der Waals surface area (Å²) in [5.74, 6) is -1.14. The Morgan fingerprint density at radius 2 is 1.88 bits per heavy atom. The van der Waals surface area contributed by atoms with Gasteiger partial charge in [0.1, 0.15) is 11.5 Å². The highest BCUT2D eigenvalue weighted by Gasteiger charge is 2.30. The second kappa shape index (κ2) is 9.56. The van der Waals surface area contributed by atoms with E-state index in [1.807, 2.05) is 0 Å². The van der Waals surface area contributed by atoms with E-state index >= 15 is 0 Å². The van der Waals surface area contributed by atoms with Gasteiger partial charge in [0.05, 0.1) is 9.82 Å². The Labute approximate surface area is 183 Å². The zero-order valence-corrected chi connectivity index (χ0v) is 17.8. The summed E-state index contributed by atoms with van der Waals surface area (Å²) in [5, 5.41) is 13.4. The van der Waals surface area contributed by atoms with Crippen molar-refractivity contribution in [3.63, 3.8) is 0 Å². The number of aliphatic imine (C=N–C) groups is 1. The fourth-order valence-corrected chi connectivity index (χ4v) is 4.20. The number of carbonyl (C=O) groups is 2. The largest absolute Gasteiger partial charge is 0.453 e. The number of nitro benzene ring substituents is 1. The molecular weight excluding hydrogens is 440 g/mol. The zero-order valence-electron chi connectivity index (χ0n) is 17.0. The van der Waals surface area contributed by atoms with Crippen LogP contribution in [0.2, 0.25) is 0 Å². The predicted octanol–water partition coefficient (Wildman–Crippen LogP) is 1.98. The van der Waals surface area contributed by atoms with Crippen LogP contribution in [0.25, 0.3) is 0 Å². The molecule has 3 rings (SSSR count). The van der Waals surface area contributed by atoms with E-state index in [0.29, 0.717) is 5.56 Å². The van der Waals surface area contributed by atoms with E-state index in [-0.39, 0.29) is 41.5 Å². The third-order valence-electron chi connectivity index (χ3n) is 4.51. The van der Waals surface area contributed by atoms with Gasteiger partial charge >= 0.3 is 5.97 Å². The number of amides is 1. The summed E-state index contributed by atoms with van der Waals surface area (Å²) in [5.41, 5.74) is 0.193. The van der Waals surface area contributed by atoms with E-state index in [9.17, 15) is 28.1 Å². The summed E-state index contributed by atoms with van der Waals surface area (Å²) in [6, 6.07) is 12.1. The smallest absolute Gasteiger partial charge is 0.306 e. The first-order chi connectivity index (χ1) is 15.2.